The lowest BCUT2D eigenvalue weighted by atomic mass is 9.91. The predicted octanol–water partition coefficient (Wildman–Crippen LogP) is 4.04. The second-order valence-electron chi connectivity index (χ2n) is 10.3. The van der Waals surface area contributed by atoms with E-state index in [1.807, 2.05) is 79.4 Å². The Balaban J connectivity index is 0.000000243. The smallest absolute Gasteiger partial charge is 0.316 e. The van der Waals surface area contributed by atoms with Crippen molar-refractivity contribution >= 4 is 17.6 Å². The number of rotatable bonds is 9. The zero-order valence-corrected chi connectivity index (χ0v) is 25.6. The number of amides is 2. The molecule has 10 nitrogen and oxygen atoms in total. The van der Waals surface area contributed by atoms with Crippen LogP contribution in [0.3, 0.4) is 0 Å². The lowest BCUT2D eigenvalue weighted by Gasteiger charge is -2.44. The second kappa shape index (κ2) is 17.6. The lowest BCUT2D eigenvalue weighted by Crippen LogP contribution is -2.57. The molecule has 0 aliphatic carbocycles. The van der Waals surface area contributed by atoms with Crippen molar-refractivity contribution in [2.75, 3.05) is 41.5 Å². The molecule has 0 bridgehead atoms. The average Bonchev–Trinajstić information content (AvgIpc) is 3.00. The minimum absolute atomic E-state index is 0.0574. The third-order valence-corrected chi connectivity index (χ3v) is 7.37. The van der Waals surface area contributed by atoms with Gasteiger partial charge in [-0.1, -0.05) is 74.5 Å². The van der Waals surface area contributed by atoms with Crippen LogP contribution in [0, 0.1) is 18.9 Å². The van der Waals surface area contributed by atoms with Crippen molar-refractivity contribution in [3.63, 3.8) is 0 Å². The number of ether oxygens (including phenoxy) is 5. The summed E-state index contributed by atoms with van der Waals surface area (Å²) in [5, 5.41) is 0. The maximum absolute atomic E-state index is 12.1. The number of piperidine rings is 2. The predicted molar refractivity (Wildman–Crippen MR) is 157 cm³/mol. The van der Waals surface area contributed by atoms with Crippen molar-refractivity contribution in [3.8, 4) is 0 Å². The average molecular weight is 586 g/mol. The van der Waals surface area contributed by atoms with Crippen LogP contribution in [-0.4, -0.2) is 81.2 Å². The third kappa shape index (κ3) is 10.2. The molecule has 0 radical (unpaired) electrons. The maximum atomic E-state index is 12.1. The number of likely N-dealkylation sites (tertiary alicyclic amines) is 2. The fraction of sp³-hybridized carbons (Fsp3) is 0.500. The van der Waals surface area contributed by atoms with Gasteiger partial charge >= 0.3 is 6.48 Å². The molecule has 42 heavy (non-hydrogen) atoms. The molecule has 2 aromatic rings. The molecule has 4 rings (SSSR count). The van der Waals surface area contributed by atoms with Gasteiger partial charge in [0.05, 0.1) is 13.1 Å². The number of methoxy groups -OCH3 is 4. The standard InChI is InChI=1S/C15H21NO3.C13H15NO2.C4H9O3/c1-12-9-14(17)16(11-15(12,18-2)19-3)10-13-7-5-4-6-8-13;1-10-7-13(16)14(9-12(10)15)8-11-5-3-2-4-6-11;1-5-4(6-2)7-3/h4-8,12H,9-11H2,1-3H3;2-6,10H,7-9H2,1H3;4H,1H2,2-3H3/q;;+1. The van der Waals surface area contributed by atoms with E-state index in [4.69, 9.17) is 9.47 Å². The summed E-state index contributed by atoms with van der Waals surface area (Å²) >= 11 is 0. The van der Waals surface area contributed by atoms with E-state index >= 15 is 0 Å². The minimum Gasteiger partial charge on any atom is -0.351 e. The summed E-state index contributed by atoms with van der Waals surface area (Å²) < 4.78 is 24.5. The maximum Gasteiger partial charge on any atom is 0.316 e. The van der Waals surface area contributed by atoms with E-state index in [9.17, 15) is 14.4 Å². The molecule has 2 aliphatic rings. The van der Waals surface area contributed by atoms with Crippen molar-refractivity contribution in [1.29, 1.82) is 0 Å². The molecule has 0 aromatic heterocycles. The Morgan fingerprint density at radius 3 is 1.69 bits per heavy atom. The number of benzene rings is 2. The Labute approximate surface area is 249 Å². The van der Waals surface area contributed by atoms with Crippen LogP contribution < -0.4 is 0 Å². The van der Waals surface area contributed by atoms with E-state index in [0.29, 0.717) is 32.5 Å². The van der Waals surface area contributed by atoms with E-state index in [1.165, 1.54) is 14.2 Å². The number of hydrogen-bond donors (Lipinski definition) is 0. The van der Waals surface area contributed by atoms with Crippen LogP contribution >= 0.6 is 0 Å². The summed E-state index contributed by atoms with van der Waals surface area (Å²) in [5.74, 6) is -0.350. The van der Waals surface area contributed by atoms with Crippen LogP contribution in [-0.2, 0) is 51.2 Å². The van der Waals surface area contributed by atoms with Gasteiger partial charge in [-0.25, -0.2) is 0 Å². The summed E-state index contributed by atoms with van der Waals surface area (Å²) in [4.78, 5) is 38.9. The molecule has 2 unspecified atom stereocenters. The first kappa shape index (κ1) is 34.9. The van der Waals surface area contributed by atoms with E-state index in [2.05, 4.69) is 21.3 Å². The van der Waals surface area contributed by atoms with Crippen LogP contribution in [0.5, 0.6) is 0 Å². The topological polar surface area (TPSA) is 104 Å². The van der Waals surface area contributed by atoms with Crippen molar-refractivity contribution in [3.05, 3.63) is 78.9 Å². The van der Waals surface area contributed by atoms with E-state index in [-0.39, 0.29) is 36.0 Å². The van der Waals surface area contributed by atoms with E-state index in [1.54, 1.807) is 19.1 Å². The van der Waals surface area contributed by atoms with E-state index < -0.39 is 12.3 Å². The first-order chi connectivity index (χ1) is 20.1. The normalized spacial score (nSPS) is 20.0. The molecule has 0 spiro atoms. The highest BCUT2D eigenvalue weighted by atomic mass is 16.8. The Morgan fingerprint density at radius 2 is 1.26 bits per heavy atom. The summed E-state index contributed by atoms with van der Waals surface area (Å²) in [6, 6.07) is 19.7. The molecule has 2 heterocycles. The van der Waals surface area contributed by atoms with Crippen molar-refractivity contribution in [2.45, 2.75) is 52.0 Å². The lowest BCUT2D eigenvalue weighted by molar-refractivity contribution is -0.256. The van der Waals surface area contributed by atoms with Gasteiger partial charge in [0.25, 0.3) is 0 Å². The monoisotopic (exact) mass is 585 g/mol. The molecule has 230 valence electrons. The quantitative estimate of drug-likeness (QED) is 0.321. The van der Waals surface area contributed by atoms with Gasteiger partial charge in [0.2, 0.25) is 18.9 Å². The number of Topliss-reactive ketones (excluding diaryl/α,β-unsaturated/α-hetero) is 1. The Kier molecular flexibility index (Phi) is 14.7. The molecule has 2 aliphatic heterocycles. The van der Waals surface area contributed by atoms with Gasteiger partial charge in [0.1, 0.15) is 0 Å². The molecule has 2 aromatic carbocycles. The molecule has 0 N–H and O–H groups in total. The molecule has 2 fully saturated rings. The Morgan fingerprint density at radius 1 is 0.786 bits per heavy atom. The first-order valence-corrected chi connectivity index (χ1v) is 13.9. The van der Waals surface area contributed by atoms with Crippen LogP contribution in [0.2, 0.25) is 0 Å². The van der Waals surface area contributed by atoms with Crippen molar-refractivity contribution < 1.29 is 38.1 Å². The van der Waals surface area contributed by atoms with Crippen LogP contribution in [0.15, 0.2) is 60.7 Å². The van der Waals surface area contributed by atoms with Crippen LogP contribution in [0.4, 0.5) is 0 Å². The van der Waals surface area contributed by atoms with Gasteiger partial charge in [-0.05, 0) is 11.1 Å². The SMILES string of the molecule is CC1CC(=O)N(Cc2ccccc2)CC1=O.COC1(OC)CN(Cc2ccccc2)C(=O)CC1C.[CH2+]OC(OC)OC. The largest absolute Gasteiger partial charge is 0.351 e. The Hall–Kier alpha value is -3.28. The third-order valence-electron chi connectivity index (χ3n) is 7.37. The van der Waals surface area contributed by atoms with Gasteiger partial charge < -0.3 is 28.7 Å². The highest BCUT2D eigenvalue weighted by Crippen LogP contribution is 2.32. The van der Waals surface area contributed by atoms with Gasteiger partial charge in [-0.3, -0.25) is 14.4 Å². The molecule has 2 amide bonds. The molecule has 10 heteroatoms. The first-order valence-electron chi connectivity index (χ1n) is 13.9. The number of hydrogen-bond acceptors (Lipinski definition) is 8. The Bertz CT molecular complexity index is 1080. The van der Waals surface area contributed by atoms with Crippen LogP contribution in [0.25, 0.3) is 0 Å². The van der Waals surface area contributed by atoms with Gasteiger partial charge in [-0.2, -0.15) is 0 Å². The number of nitrogens with zero attached hydrogens (tertiary/aromatic N) is 2. The summed E-state index contributed by atoms with van der Waals surface area (Å²) in [7, 11) is 9.29. The fourth-order valence-electron chi connectivity index (χ4n) is 4.74. The zero-order chi connectivity index (χ0) is 31.1. The second-order valence-corrected chi connectivity index (χ2v) is 10.3. The summed E-state index contributed by atoms with van der Waals surface area (Å²) in [6.45, 7) is 5.05. The van der Waals surface area contributed by atoms with Crippen molar-refractivity contribution in [2.24, 2.45) is 11.8 Å². The highest BCUT2D eigenvalue weighted by molar-refractivity contribution is 5.94. The molecular formula is C32H45N2O8+. The minimum atomic E-state index is -0.692. The number of ketones is 1. The van der Waals surface area contributed by atoms with Crippen molar-refractivity contribution in [1.82, 2.24) is 9.80 Å². The molecule has 2 saturated heterocycles. The number of carbonyl (C=O) groups excluding carboxylic acids is 3. The zero-order valence-electron chi connectivity index (χ0n) is 25.6. The molecule has 2 atom stereocenters. The van der Waals surface area contributed by atoms with E-state index in [0.717, 1.165) is 11.1 Å². The molecule has 0 saturated carbocycles. The van der Waals surface area contributed by atoms with Gasteiger partial charge in [0.15, 0.2) is 11.6 Å². The fourth-order valence-corrected chi connectivity index (χ4v) is 4.74. The number of carbonyl (C=O) groups is 3. The summed E-state index contributed by atoms with van der Waals surface area (Å²) in [5.41, 5.74) is 2.18. The van der Waals surface area contributed by atoms with Crippen LogP contribution in [0.1, 0.15) is 37.8 Å². The van der Waals surface area contributed by atoms with Gasteiger partial charge in [0, 0.05) is 66.2 Å². The highest BCUT2D eigenvalue weighted by Gasteiger charge is 2.45. The summed E-state index contributed by atoms with van der Waals surface area (Å²) in [6.07, 6.45) is 0.806. The molecular weight excluding hydrogens is 540 g/mol. The van der Waals surface area contributed by atoms with Gasteiger partial charge in [-0.15, -0.1) is 4.74 Å².